The van der Waals surface area contributed by atoms with Gasteiger partial charge in [0.1, 0.15) is 23.4 Å². The van der Waals surface area contributed by atoms with Gasteiger partial charge in [0.2, 0.25) is 5.91 Å². The zero-order valence-corrected chi connectivity index (χ0v) is 18.6. The average molecular weight is 433 g/mol. The maximum Gasteiger partial charge on any atom is 0.277 e. The Hall–Kier alpha value is -3.68. The van der Waals surface area contributed by atoms with E-state index in [0.717, 1.165) is 11.1 Å². The van der Waals surface area contributed by atoms with Crippen LogP contribution in [0.2, 0.25) is 0 Å². The Morgan fingerprint density at radius 3 is 2.62 bits per heavy atom. The molecule has 0 saturated carbocycles. The van der Waals surface area contributed by atoms with Crippen molar-refractivity contribution in [2.24, 2.45) is 0 Å². The Bertz CT molecular complexity index is 1180. The van der Waals surface area contributed by atoms with E-state index < -0.39 is 6.04 Å². The summed E-state index contributed by atoms with van der Waals surface area (Å²) in [5.74, 6) is 0.854. The first-order valence-electron chi connectivity index (χ1n) is 10.7. The number of nitrogens with one attached hydrogen (secondary N) is 2. The molecule has 2 aromatic heterocycles. The van der Waals surface area contributed by atoms with Gasteiger partial charge < -0.3 is 16.4 Å². The number of pyridine rings is 1. The second-order valence-corrected chi connectivity index (χ2v) is 8.41. The number of amides is 1. The molecule has 1 aromatic carbocycles. The number of nitrogen functional groups attached to an aromatic ring is 1. The van der Waals surface area contributed by atoms with Crippen molar-refractivity contribution in [3.05, 3.63) is 81.2 Å². The predicted octanol–water partition coefficient (Wildman–Crippen LogP) is 2.81. The highest BCUT2D eigenvalue weighted by molar-refractivity contribution is 5.81. The molecule has 3 heterocycles. The molecular formula is C24H28N6O2. The van der Waals surface area contributed by atoms with Crippen LogP contribution in [0.5, 0.6) is 0 Å². The molecule has 1 amide bonds. The van der Waals surface area contributed by atoms with E-state index in [0.29, 0.717) is 36.7 Å². The molecule has 0 radical (unpaired) electrons. The smallest absolute Gasteiger partial charge is 0.277 e. The Labute approximate surface area is 186 Å². The van der Waals surface area contributed by atoms with Gasteiger partial charge in [-0.15, -0.1) is 0 Å². The number of aromatic nitrogens is 3. The summed E-state index contributed by atoms with van der Waals surface area (Å²) in [4.78, 5) is 34.7. The molecule has 166 valence electrons. The van der Waals surface area contributed by atoms with E-state index in [9.17, 15) is 9.59 Å². The lowest BCUT2D eigenvalue weighted by Gasteiger charge is -2.19. The SMILES string of the molecule is Cc1cc(C)cc(CNc2cnc3n(c2=O)[C@H](C(=O)N[C@H](C)c2ccc(N)nc2)CC3)c1. The zero-order valence-electron chi connectivity index (χ0n) is 18.6. The van der Waals surface area contributed by atoms with Crippen molar-refractivity contribution >= 4 is 17.4 Å². The molecule has 4 rings (SSSR count). The van der Waals surface area contributed by atoms with Crippen LogP contribution in [0, 0.1) is 13.8 Å². The lowest BCUT2D eigenvalue weighted by Crippen LogP contribution is -2.37. The molecule has 0 saturated heterocycles. The van der Waals surface area contributed by atoms with Gasteiger partial charge >= 0.3 is 0 Å². The monoisotopic (exact) mass is 432 g/mol. The summed E-state index contributed by atoms with van der Waals surface area (Å²) >= 11 is 0. The van der Waals surface area contributed by atoms with Crippen molar-refractivity contribution in [3.8, 4) is 0 Å². The summed E-state index contributed by atoms with van der Waals surface area (Å²) < 4.78 is 1.52. The van der Waals surface area contributed by atoms with Crippen LogP contribution >= 0.6 is 0 Å². The summed E-state index contributed by atoms with van der Waals surface area (Å²) in [6.07, 6.45) is 4.34. The molecule has 0 aliphatic carbocycles. The van der Waals surface area contributed by atoms with E-state index in [1.165, 1.54) is 15.7 Å². The van der Waals surface area contributed by atoms with Gasteiger partial charge in [0, 0.05) is 19.2 Å². The van der Waals surface area contributed by atoms with Crippen LogP contribution in [-0.2, 0) is 17.8 Å². The van der Waals surface area contributed by atoms with Gasteiger partial charge in [-0.25, -0.2) is 9.97 Å². The molecular weight excluding hydrogens is 404 g/mol. The fourth-order valence-corrected chi connectivity index (χ4v) is 4.21. The van der Waals surface area contributed by atoms with Crippen molar-refractivity contribution in [3.63, 3.8) is 0 Å². The molecule has 3 aromatic rings. The second kappa shape index (κ2) is 8.82. The molecule has 0 bridgehead atoms. The van der Waals surface area contributed by atoms with E-state index in [2.05, 4.69) is 38.8 Å². The van der Waals surface area contributed by atoms with Gasteiger partial charge in [-0.2, -0.15) is 0 Å². The summed E-state index contributed by atoms with van der Waals surface area (Å²) in [5, 5.41) is 6.18. The number of fused-ring (bicyclic) bond motifs is 1. The standard InChI is InChI=1S/C24H28N6O2/c1-14-8-15(2)10-17(9-14)11-26-19-13-28-22-7-5-20(30(22)24(19)32)23(31)29-16(3)18-4-6-21(25)27-12-18/h4,6,8-10,12-13,16,20,26H,5,7,11H2,1-3H3,(H2,25,27)(H,29,31)/t16-,20+/m1/s1. The van der Waals surface area contributed by atoms with Crippen LogP contribution in [0.15, 0.2) is 47.5 Å². The number of hydrogen-bond donors (Lipinski definition) is 3. The summed E-state index contributed by atoms with van der Waals surface area (Å²) in [7, 11) is 0. The number of carbonyl (C=O) groups is 1. The van der Waals surface area contributed by atoms with Gasteiger partial charge in [0.15, 0.2) is 0 Å². The number of benzene rings is 1. The Morgan fingerprint density at radius 2 is 1.94 bits per heavy atom. The molecule has 0 spiro atoms. The fourth-order valence-electron chi connectivity index (χ4n) is 4.21. The second-order valence-electron chi connectivity index (χ2n) is 8.41. The van der Waals surface area contributed by atoms with E-state index in [-0.39, 0.29) is 17.5 Å². The summed E-state index contributed by atoms with van der Waals surface area (Å²) in [6.45, 7) is 6.49. The Balaban J connectivity index is 1.50. The van der Waals surface area contributed by atoms with Crippen LogP contribution in [0.3, 0.4) is 0 Å². The zero-order chi connectivity index (χ0) is 22.8. The van der Waals surface area contributed by atoms with Crippen molar-refractivity contribution in [1.29, 1.82) is 0 Å². The molecule has 32 heavy (non-hydrogen) atoms. The Morgan fingerprint density at radius 1 is 1.19 bits per heavy atom. The number of nitrogens with zero attached hydrogens (tertiary/aromatic N) is 3. The van der Waals surface area contributed by atoms with Gasteiger partial charge in [-0.1, -0.05) is 35.4 Å². The summed E-state index contributed by atoms with van der Waals surface area (Å²) in [5.41, 5.74) is 10.1. The molecule has 1 aliphatic heterocycles. The molecule has 2 atom stereocenters. The molecule has 8 heteroatoms. The van der Waals surface area contributed by atoms with Crippen molar-refractivity contribution in [1.82, 2.24) is 19.9 Å². The van der Waals surface area contributed by atoms with Crippen LogP contribution in [0.4, 0.5) is 11.5 Å². The topological polar surface area (TPSA) is 115 Å². The first-order chi connectivity index (χ1) is 15.3. The highest BCUT2D eigenvalue weighted by Crippen LogP contribution is 2.24. The summed E-state index contributed by atoms with van der Waals surface area (Å²) in [6, 6.07) is 8.97. The third kappa shape index (κ3) is 4.49. The number of nitrogens with two attached hydrogens (primary N) is 1. The molecule has 8 nitrogen and oxygen atoms in total. The predicted molar refractivity (Wildman–Crippen MR) is 124 cm³/mol. The maximum absolute atomic E-state index is 13.2. The lowest BCUT2D eigenvalue weighted by molar-refractivity contribution is -0.124. The number of aryl methyl sites for hydroxylation is 3. The highest BCUT2D eigenvalue weighted by atomic mass is 16.2. The average Bonchev–Trinajstić information content (AvgIpc) is 3.18. The molecule has 0 unspecified atom stereocenters. The molecule has 0 fully saturated rings. The third-order valence-corrected chi connectivity index (χ3v) is 5.76. The van der Waals surface area contributed by atoms with E-state index >= 15 is 0 Å². The maximum atomic E-state index is 13.2. The van der Waals surface area contributed by atoms with Gasteiger partial charge in [-0.05, 0) is 44.4 Å². The van der Waals surface area contributed by atoms with E-state index in [1.54, 1.807) is 18.5 Å². The van der Waals surface area contributed by atoms with Crippen LogP contribution in [0.1, 0.15) is 53.5 Å². The van der Waals surface area contributed by atoms with Crippen LogP contribution in [-0.4, -0.2) is 20.4 Å². The normalized spacial score (nSPS) is 15.8. The van der Waals surface area contributed by atoms with Crippen molar-refractivity contribution in [2.45, 2.75) is 52.2 Å². The quantitative estimate of drug-likeness (QED) is 0.552. The largest absolute Gasteiger partial charge is 0.384 e. The van der Waals surface area contributed by atoms with Gasteiger partial charge in [0.05, 0.1) is 12.2 Å². The first-order valence-corrected chi connectivity index (χ1v) is 10.7. The number of anilines is 2. The number of carbonyl (C=O) groups excluding carboxylic acids is 1. The number of hydrogen-bond acceptors (Lipinski definition) is 6. The highest BCUT2D eigenvalue weighted by Gasteiger charge is 2.31. The van der Waals surface area contributed by atoms with Crippen LogP contribution < -0.4 is 21.9 Å². The lowest BCUT2D eigenvalue weighted by atomic mass is 10.1. The fraction of sp³-hybridized carbons (Fsp3) is 0.333. The third-order valence-electron chi connectivity index (χ3n) is 5.76. The first kappa shape index (κ1) is 21.5. The molecule has 4 N–H and O–H groups in total. The van der Waals surface area contributed by atoms with Crippen LogP contribution in [0.25, 0.3) is 0 Å². The Kier molecular flexibility index (Phi) is 5.94. The minimum atomic E-state index is -0.586. The van der Waals surface area contributed by atoms with E-state index in [4.69, 9.17) is 5.73 Å². The van der Waals surface area contributed by atoms with E-state index in [1.807, 2.05) is 26.8 Å². The van der Waals surface area contributed by atoms with Crippen molar-refractivity contribution in [2.75, 3.05) is 11.1 Å². The minimum absolute atomic E-state index is 0.205. The number of rotatable bonds is 6. The van der Waals surface area contributed by atoms with Crippen molar-refractivity contribution < 1.29 is 4.79 Å². The molecule has 1 aliphatic rings. The minimum Gasteiger partial charge on any atom is -0.384 e. The van der Waals surface area contributed by atoms with Gasteiger partial charge in [0.25, 0.3) is 5.56 Å². The van der Waals surface area contributed by atoms with Gasteiger partial charge in [-0.3, -0.25) is 14.2 Å².